The van der Waals surface area contributed by atoms with Crippen LogP contribution < -0.4 is 10.5 Å². The van der Waals surface area contributed by atoms with Crippen molar-refractivity contribution in [2.24, 2.45) is 0 Å². The Morgan fingerprint density at radius 2 is 2.11 bits per heavy atom. The zero-order valence-electron chi connectivity index (χ0n) is 10.7. The Bertz CT molecular complexity index is 575. The van der Waals surface area contributed by atoms with Crippen LogP contribution in [0.1, 0.15) is 13.3 Å². The van der Waals surface area contributed by atoms with E-state index in [-0.39, 0.29) is 22.4 Å². The maximum Gasteiger partial charge on any atom is 0.242 e. The number of anilines is 1. The molecule has 8 heteroatoms. The van der Waals surface area contributed by atoms with Crippen LogP contribution in [0.3, 0.4) is 0 Å². The first-order valence-corrected chi connectivity index (χ1v) is 8.71. The molecule has 0 aliphatic heterocycles. The Balaban J connectivity index is 2.74. The monoisotopic (exact) mass is 308 g/mol. The second-order valence-electron chi connectivity index (χ2n) is 4.18. The summed E-state index contributed by atoms with van der Waals surface area (Å²) >= 11 is 0. The van der Waals surface area contributed by atoms with Crippen molar-refractivity contribution >= 4 is 26.5 Å². The second kappa shape index (κ2) is 6.44. The normalized spacial score (nSPS) is 15.1. The molecule has 1 aromatic carbocycles. The Labute approximate surface area is 114 Å². The van der Waals surface area contributed by atoms with Gasteiger partial charge in [-0.3, -0.25) is 4.21 Å². The van der Waals surface area contributed by atoms with E-state index >= 15 is 0 Å². The molecule has 0 aliphatic carbocycles. The van der Waals surface area contributed by atoms with Crippen molar-refractivity contribution in [1.82, 2.24) is 4.72 Å². The molecule has 1 aromatic rings. The lowest BCUT2D eigenvalue weighted by molar-refractivity contribution is 0.577. The maximum atomic E-state index is 12.9. The van der Waals surface area contributed by atoms with Gasteiger partial charge in [-0.2, -0.15) is 0 Å². The SMILES string of the molecule is CC(CCNS(=O)(=O)c1ccc(F)cc1N)S(C)=O. The van der Waals surface area contributed by atoms with Crippen LogP contribution in [0.4, 0.5) is 10.1 Å². The molecule has 0 saturated carbocycles. The average molecular weight is 308 g/mol. The fourth-order valence-corrected chi connectivity index (χ4v) is 3.01. The quantitative estimate of drug-likeness (QED) is 0.762. The average Bonchev–Trinajstić information content (AvgIpc) is 2.27. The number of nitrogens with one attached hydrogen (secondary N) is 1. The molecule has 5 nitrogen and oxygen atoms in total. The smallest absolute Gasteiger partial charge is 0.242 e. The minimum Gasteiger partial charge on any atom is -0.398 e. The molecule has 0 bridgehead atoms. The predicted molar refractivity (Wildman–Crippen MR) is 74.1 cm³/mol. The third-order valence-electron chi connectivity index (χ3n) is 2.67. The van der Waals surface area contributed by atoms with E-state index in [9.17, 15) is 17.0 Å². The summed E-state index contributed by atoms with van der Waals surface area (Å²) in [7, 11) is -4.77. The van der Waals surface area contributed by atoms with Gasteiger partial charge in [-0.1, -0.05) is 6.92 Å². The van der Waals surface area contributed by atoms with Crippen molar-refractivity contribution in [3.8, 4) is 0 Å². The van der Waals surface area contributed by atoms with Crippen LogP contribution in [0.5, 0.6) is 0 Å². The van der Waals surface area contributed by atoms with E-state index < -0.39 is 26.6 Å². The third-order valence-corrected chi connectivity index (χ3v) is 5.57. The van der Waals surface area contributed by atoms with Crippen LogP contribution in [-0.2, 0) is 20.8 Å². The topological polar surface area (TPSA) is 89.3 Å². The van der Waals surface area contributed by atoms with Crippen molar-refractivity contribution in [3.05, 3.63) is 24.0 Å². The van der Waals surface area contributed by atoms with Gasteiger partial charge in [0.05, 0.1) is 5.69 Å². The maximum absolute atomic E-state index is 12.9. The highest BCUT2D eigenvalue weighted by Gasteiger charge is 2.18. The number of hydrogen-bond acceptors (Lipinski definition) is 4. The van der Waals surface area contributed by atoms with E-state index in [0.717, 1.165) is 18.2 Å². The molecule has 0 aliphatic rings. The molecule has 108 valence electrons. The summed E-state index contributed by atoms with van der Waals surface area (Å²) in [4.78, 5) is -0.154. The zero-order valence-corrected chi connectivity index (χ0v) is 12.4. The summed E-state index contributed by atoms with van der Waals surface area (Å²) in [6, 6.07) is 3.11. The molecule has 19 heavy (non-hydrogen) atoms. The van der Waals surface area contributed by atoms with Crippen LogP contribution in [0, 0.1) is 5.82 Å². The number of nitrogens with two attached hydrogens (primary N) is 1. The highest BCUT2D eigenvalue weighted by molar-refractivity contribution is 7.89. The standard InChI is InChI=1S/C11H17FN2O3S2/c1-8(18(2)15)5-6-14-19(16,17)11-4-3-9(12)7-10(11)13/h3-4,7-8,14H,5-6,13H2,1-2H3. The molecule has 2 atom stereocenters. The van der Waals surface area contributed by atoms with Gasteiger partial charge >= 0.3 is 0 Å². The van der Waals surface area contributed by atoms with Gasteiger partial charge in [0.1, 0.15) is 10.7 Å². The van der Waals surface area contributed by atoms with Gasteiger partial charge in [-0.05, 0) is 24.6 Å². The molecular formula is C11H17FN2O3S2. The molecule has 0 saturated heterocycles. The number of nitrogen functional groups attached to an aromatic ring is 1. The molecule has 3 N–H and O–H groups in total. The first-order chi connectivity index (χ1) is 8.74. The van der Waals surface area contributed by atoms with Gasteiger partial charge in [0.15, 0.2) is 0 Å². The number of halogens is 1. The lowest BCUT2D eigenvalue weighted by Gasteiger charge is -2.11. The highest BCUT2D eigenvalue weighted by atomic mass is 32.2. The fraction of sp³-hybridized carbons (Fsp3) is 0.455. The Kier molecular flexibility index (Phi) is 5.45. The van der Waals surface area contributed by atoms with E-state index in [1.165, 1.54) is 0 Å². The minimum absolute atomic E-state index is 0.103. The summed E-state index contributed by atoms with van der Waals surface area (Å²) in [6.45, 7) is 1.93. The van der Waals surface area contributed by atoms with Gasteiger partial charge in [0, 0.05) is 28.9 Å². The van der Waals surface area contributed by atoms with E-state index in [1.54, 1.807) is 13.2 Å². The molecule has 2 unspecified atom stereocenters. The summed E-state index contributed by atoms with van der Waals surface area (Å²) in [6.07, 6.45) is 2.01. The highest BCUT2D eigenvalue weighted by Crippen LogP contribution is 2.18. The largest absolute Gasteiger partial charge is 0.398 e. The van der Waals surface area contributed by atoms with Crippen molar-refractivity contribution in [2.75, 3.05) is 18.5 Å². The summed E-state index contributed by atoms with van der Waals surface area (Å²) < 4.78 is 50.2. The van der Waals surface area contributed by atoms with Gasteiger partial charge in [-0.25, -0.2) is 17.5 Å². The van der Waals surface area contributed by atoms with Crippen LogP contribution in [0.25, 0.3) is 0 Å². The number of hydrogen-bond donors (Lipinski definition) is 2. The number of rotatable bonds is 6. The van der Waals surface area contributed by atoms with E-state index in [0.29, 0.717) is 6.42 Å². The van der Waals surface area contributed by atoms with Gasteiger partial charge < -0.3 is 5.73 Å². The van der Waals surface area contributed by atoms with Crippen LogP contribution >= 0.6 is 0 Å². The Morgan fingerprint density at radius 1 is 1.47 bits per heavy atom. The molecule has 0 radical (unpaired) electrons. The van der Waals surface area contributed by atoms with Crippen LogP contribution in [-0.4, -0.2) is 30.7 Å². The summed E-state index contributed by atoms with van der Waals surface area (Å²) in [5.41, 5.74) is 5.34. The van der Waals surface area contributed by atoms with Crippen molar-refractivity contribution in [2.45, 2.75) is 23.5 Å². The molecule has 0 aromatic heterocycles. The first kappa shape index (κ1) is 16.1. The molecule has 0 heterocycles. The predicted octanol–water partition coefficient (Wildman–Crippen LogP) is 0.843. The van der Waals surface area contributed by atoms with Crippen molar-refractivity contribution < 1.29 is 17.0 Å². The summed E-state index contributed by atoms with van der Waals surface area (Å²) in [5, 5.41) is -0.103. The zero-order chi connectivity index (χ0) is 14.6. The lowest BCUT2D eigenvalue weighted by Crippen LogP contribution is -2.28. The molecule has 0 spiro atoms. The minimum atomic E-state index is -3.77. The Morgan fingerprint density at radius 3 is 2.63 bits per heavy atom. The fourth-order valence-electron chi connectivity index (χ4n) is 1.40. The van der Waals surface area contributed by atoms with Crippen molar-refractivity contribution in [1.29, 1.82) is 0 Å². The van der Waals surface area contributed by atoms with Crippen LogP contribution in [0.2, 0.25) is 0 Å². The first-order valence-electron chi connectivity index (χ1n) is 5.61. The van der Waals surface area contributed by atoms with Gasteiger partial charge in [0.2, 0.25) is 10.0 Å². The van der Waals surface area contributed by atoms with Gasteiger partial charge in [-0.15, -0.1) is 0 Å². The molecule has 0 amide bonds. The van der Waals surface area contributed by atoms with Gasteiger partial charge in [0.25, 0.3) is 0 Å². The lowest BCUT2D eigenvalue weighted by atomic mass is 10.3. The second-order valence-corrected chi connectivity index (χ2v) is 7.72. The Hall–Kier alpha value is -0.990. The van der Waals surface area contributed by atoms with E-state index in [4.69, 9.17) is 5.73 Å². The molecule has 1 rings (SSSR count). The molecular weight excluding hydrogens is 291 g/mol. The number of benzene rings is 1. The van der Waals surface area contributed by atoms with E-state index in [2.05, 4.69) is 4.72 Å². The number of sulfonamides is 1. The molecule has 0 fully saturated rings. The third kappa shape index (κ3) is 4.55. The van der Waals surface area contributed by atoms with Crippen LogP contribution in [0.15, 0.2) is 23.1 Å². The van der Waals surface area contributed by atoms with E-state index in [1.807, 2.05) is 0 Å². The summed E-state index contributed by atoms with van der Waals surface area (Å²) in [5.74, 6) is -0.591. The van der Waals surface area contributed by atoms with Crippen molar-refractivity contribution in [3.63, 3.8) is 0 Å².